The summed E-state index contributed by atoms with van der Waals surface area (Å²) in [5.41, 5.74) is 13.2. The SMILES string of the molecule is COC(=O)N[C@@H](C)C(=O)N1CCC[C@H]1c1ncc(-c2ccc3cc(-c4ccc(-c5cnc([C@@H]6CCCN6C(=O)[C@H](N)c6ccccc6)[nH]5)cc4)ccc3c2)[nH]1. The summed E-state index contributed by atoms with van der Waals surface area (Å²) in [6, 6.07) is 29.0. The number of benzene rings is 4. The van der Waals surface area contributed by atoms with Gasteiger partial charge in [0.2, 0.25) is 11.8 Å². The molecule has 0 spiro atoms. The third-order valence-corrected chi connectivity index (χ3v) is 10.9. The molecule has 280 valence electrons. The normalized spacial score (nSPS) is 18.0. The summed E-state index contributed by atoms with van der Waals surface area (Å²) in [4.78, 5) is 58.2. The van der Waals surface area contributed by atoms with Gasteiger partial charge in [0.05, 0.1) is 43.0 Å². The Kier molecular flexibility index (Phi) is 9.90. The number of H-pyrrole nitrogens is 2. The fraction of sp³-hybridized carbons (Fsp3) is 0.279. The van der Waals surface area contributed by atoms with Gasteiger partial charge < -0.3 is 35.6 Å². The second-order valence-electron chi connectivity index (χ2n) is 14.3. The van der Waals surface area contributed by atoms with E-state index in [9.17, 15) is 14.4 Å². The highest BCUT2D eigenvalue weighted by atomic mass is 16.5. The zero-order chi connectivity index (χ0) is 38.1. The number of methoxy groups -OCH3 is 1. The zero-order valence-electron chi connectivity index (χ0n) is 30.9. The molecule has 0 radical (unpaired) electrons. The monoisotopic (exact) mass is 736 g/mol. The van der Waals surface area contributed by atoms with Crippen LogP contribution in [0.1, 0.15) is 67.9 Å². The lowest BCUT2D eigenvalue weighted by Crippen LogP contribution is -2.46. The molecule has 2 saturated heterocycles. The van der Waals surface area contributed by atoms with Crippen LogP contribution in [0, 0.1) is 0 Å². The predicted octanol–water partition coefficient (Wildman–Crippen LogP) is 7.06. The number of nitrogens with one attached hydrogen (secondary N) is 3. The Labute approximate surface area is 319 Å². The van der Waals surface area contributed by atoms with Crippen molar-refractivity contribution in [2.45, 2.75) is 56.8 Å². The van der Waals surface area contributed by atoms with Gasteiger partial charge in [-0.25, -0.2) is 14.8 Å². The van der Waals surface area contributed by atoms with Gasteiger partial charge in [0.25, 0.3) is 0 Å². The first-order valence-corrected chi connectivity index (χ1v) is 18.8. The topological polar surface area (TPSA) is 162 Å². The number of carbonyl (C=O) groups is 3. The molecular formula is C43H44N8O4. The van der Waals surface area contributed by atoms with Crippen molar-refractivity contribution in [1.82, 2.24) is 35.1 Å². The lowest BCUT2D eigenvalue weighted by atomic mass is 9.98. The van der Waals surface area contributed by atoms with Crippen LogP contribution >= 0.6 is 0 Å². The predicted molar refractivity (Wildman–Crippen MR) is 210 cm³/mol. The molecule has 2 aromatic heterocycles. The summed E-state index contributed by atoms with van der Waals surface area (Å²) in [5.74, 6) is 1.27. The Morgan fingerprint density at radius 3 is 1.87 bits per heavy atom. The van der Waals surface area contributed by atoms with Gasteiger partial charge in [-0.3, -0.25) is 9.59 Å². The average Bonchev–Trinajstić information content (AvgIpc) is 4.07. The molecule has 8 rings (SSSR count). The van der Waals surface area contributed by atoms with Crippen LogP contribution < -0.4 is 11.1 Å². The zero-order valence-corrected chi connectivity index (χ0v) is 30.9. The number of amides is 3. The van der Waals surface area contributed by atoms with E-state index in [0.29, 0.717) is 13.1 Å². The summed E-state index contributed by atoms with van der Waals surface area (Å²) >= 11 is 0. The van der Waals surface area contributed by atoms with E-state index in [4.69, 9.17) is 10.7 Å². The van der Waals surface area contributed by atoms with Gasteiger partial charge in [-0.2, -0.15) is 0 Å². The van der Waals surface area contributed by atoms with Crippen molar-refractivity contribution in [2.75, 3.05) is 20.2 Å². The molecule has 4 heterocycles. The Balaban J connectivity index is 0.937. The molecule has 0 bridgehead atoms. The van der Waals surface area contributed by atoms with E-state index in [0.717, 1.165) is 87.3 Å². The fourth-order valence-corrected chi connectivity index (χ4v) is 7.90. The van der Waals surface area contributed by atoms with E-state index < -0.39 is 18.2 Å². The minimum Gasteiger partial charge on any atom is -0.453 e. The molecule has 3 amide bonds. The minimum absolute atomic E-state index is 0.0817. The molecule has 2 fully saturated rings. The second kappa shape index (κ2) is 15.2. The first-order valence-electron chi connectivity index (χ1n) is 18.8. The van der Waals surface area contributed by atoms with Crippen LogP contribution in [0.3, 0.4) is 0 Å². The van der Waals surface area contributed by atoms with Crippen LogP contribution in [0.2, 0.25) is 0 Å². The lowest BCUT2D eigenvalue weighted by molar-refractivity contribution is -0.134. The van der Waals surface area contributed by atoms with Crippen LogP contribution in [-0.4, -0.2) is 73.9 Å². The van der Waals surface area contributed by atoms with Gasteiger partial charge in [0, 0.05) is 18.7 Å². The summed E-state index contributed by atoms with van der Waals surface area (Å²) in [5, 5.41) is 4.79. The quantitative estimate of drug-likeness (QED) is 0.124. The molecule has 0 saturated carbocycles. The Hall–Kier alpha value is -6.27. The number of alkyl carbamates (subject to hydrolysis) is 1. The summed E-state index contributed by atoms with van der Waals surface area (Å²) in [6.07, 6.45) is 6.42. The van der Waals surface area contributed by atoms with Crippen LogP contribution in [-0.2, 0) is 14.3 Å². The lowest BCUT2D eigenvalue weighted by Gasteiger charge is -2.26. The standard InChI is InChI=1S/C43H44N8O4/c1-26(47-43(54)55-2)41(52)50-20-6-10-36(50)39-46-25-35(49-39)33-19-18-31-22-30(16-17-32(31)23-33)27-12-14-28(15-13-27)34-24-45-40(48-34)37-11-7-21-51(37)42(53)38(44)29-8-4-3-5-9-29/h3-5,8-9,12-19,22-26,36-38H,6-7,10-11,20-21,44H2,1-2H3,(H,45,48)(H,46,49)(H,47,54)/t26-,36-,37-,38+/m0/s1. The van der Waals surface area contributed by atoms with E-state index in [2.05, 4.69) is 85.7 Å². The number of ether oxygens (including phenoxy) is 1. The number of carbonyl (C=O) groups excluding carboxylic acids is 3. The molecule has 55 heavy (non-hydrogen) atoms. The second-order valence-corrected chi connectivity index (χ2v) is 14.3. The third-order valence-electron chi connectivity index (χ3n) is 10.9. The van der Waals surface area contributed by atoms with Gasteiger partial charge in [-0.15, -0.1) is 0 Å². The maximum atomic E-state index is 13.4. The molecule has 12 heteroatoms. The van der Waals surface area contributed by atoms with Crippen LogP contribution in [0.15, 0.2) is 103 Å². The highest BCUT2D eigenvalue weighted by Crippen LogP contribution is 2.35. The van der Waals surface area contributed by atoms with Crippen molar-refractivity contribution < 1.29 is 19.1 Å². The number of likely N-dealkylation sites (tertiary alicyclic amines) is 2. The summed E-state index contributed by atoms with van der Waals surface area (Å²) in [7, 11) is 1.28. The van der Waals surface area contributed by atoms with Gasteiger partial charge in [-0.1, -0.05) is 78.9 Å². The van der Waals surface area contributed by atoms with E-state index in [1.165, 1.54) is 7.11 Å². The maximum Gasteiger partial charge on any atom is 0.407 e. The van der Waals surface area contributed by atoms with E-state index >= 15 is 0 Å². The first kappa shape index (κ1) is 35.7. The van der Waals surface area contributed by atoms with E-state index in [1.807, 2.05) is 47.6 Å². The number of hydrogen-bond donors (Lipinski definition) is 4. The molecule has 4 aromatic carbocycles. The number of aromatic amines is 2. The van der Waals surface area contributed by atoms with Crippen LogP contribution in [0.4, 0.5) is 4.79 Å². The number of nitrogens with zero attached hydrogens (tertiary/aromatic N) is 4. The molecule has 6 aromatic rings. The average molecular weight is 737 g/mol. The number of fused-ring (bicyclic) bond motifs is 1. The van der Waals surface area contributed by atoms with Gasteiger partial charge in [0.1, 0.15) is 23.7 Å². The molecular weight excluding hydrogens is 693 g/mol. The van der Waals surface area contributed by atoms with Crippen molar-refractivity contribution >= 4 is 28.7 Å². The van der Waals surface area contributed by atoms with Crippen LogP contribution in [0.25, 0.3) is 44.4 Å². The molecule has 2 aliphatic heterocycles. The summed E-state index contributed by atoms with van der Waals surface area (Å²) in [6.45, 7) is 2.93. The van der Waals surface area contributed by atoms with E-state index in [-0.39, 0.29) is 23.9 Å². The third kappa shape index (κ3) is 7.20. The smallest absolute Gasteiger partial charge is 0.407 e. The molecule has 2 aliphatic rings. The van der Waals surface area contributed by atoms with Crippen molar-refractivity contribution in [2.24, 2.45) is 5.73 Å². The molecule has 4 atom stereocenters. The van der Waals surface area contributed by atoms with Gasteiger partial charge in [0.15, 0.2) is 0 Å². The number of nitrogens with two attached hydrogens (primary N) is 1. The van der Waals surface area contributed by atoms with Crippen LogP contribution in [0.5, 0.6) is 0 Å². The van der Waals surface area contributed by atoms with Gasteiger partial charge >= 0.3 is 6.09 Å². The first-order chi connectivity index (χ1) is 26.8. The molecule has 5 N–H and O–H groups in total. The highest BCUT2D eigenvalue weighted by Gasteiger charge is 2.36. The number of imidazole rings is 2. The molecule has 0 aliphatic carbocycles. The van der Waals surface area contributed by atoms with Crippen molar-refractivity contribution in [3.63, 3.8) is 0 Å². The maximum absolute atomic E-state index is 13.4. The Bertz CT molecular complexity index is 2340. The van der Waals surface area contributed by atoms with Gasteiger partial charge in [-0.05, 0) is 77.8 Å². The van der Waals surface area contributed by atoms with Crippen molar-refractivity contribution in [1.29, 1.82) is 0 Å². The number of hydrogen-bond acceptors (Lipinski definition) is 7. The highest BCUT2D eigenvalue weighted by molar-refractivity contribution is 5.91. The summed E-state index contributed by atoms with van der Waals surface area (Å²) < 4.78 is 4.66. The number of rotatable bonds is 9. The fourth-order valence-electron chi connectivity index (χ4n) is 7.90. The Morgan fingerprint density at radius 2 is 1.25 bits per heavy atom. The molecule has 0 unspecified atom stereocenters. The largest absolute Gasteiger partial charge is 0.453 e. The van der Waals surface area contributed by atoms with E-state index in [1.54, 1.807) is 11.8 Å². The minimum atomic E-state index is -0.701. The van der Waals surface area contributed by atoms with Crippen molar-refractivity contribution in [3.8, 4) is 33.6 Å². The molecule has 12 nitrogen and oxygen atoms in total. The Morgan fingerprint density at radius 1 is 0.727 bits per heavy atom. The van der Waals surface area contributed by atoms with Crippen molar-refractivity contribution in [3.05, 3.63) is 121 Å². The number of aromatic nitrogens is 4.